The highest BCUT2D eigenvalue weighted by molar-refractivity contribution is 5.98. The summed E-state index contributed by atoms with van der Waals surface area (Å²) in [6.07, 6.45) is 2.79. The molecule has 0 fully saturated rings. The van der Waals surface area contributed by atoms with Crippen LogP contribution in [0.5, 0.6) is 0 Å². The van der Waals surface area contributed by atoms with Gasteiger partial charge in [-0.2, -0.15) is 0 Å². The van der Waals surface area contributed by atoms with E-state index >= 15 is 0 Å². The highest BCUT2D eigenvalue weighted by atomic mass is 16.5. The Morgan fingerprint density at radius 1 is 1.10 bits per heavy atom. The number of hydrogen-bond acceptors (Lipinski definition) is 6. The summed E-state index contributed by atoms with van der Waals surface area (Å²) in [5.74, 6) is 1.82. The molecular weight excluding hydrogens is 366 g/mol. The second-order valence-electron chi connectivity index (χ2n) is 7.98. The van der Waals surface area contributed by atoms with Crippen LogP contribution in [-0.2, 0) is 19.5 Å². The minimum atomic E-state index is 0.0550. The third-order valence-corrected chi connectivity index (χ3v) is 5.89. The van der Waals surface area contributed by atoms with Crippen LogP contribution in [0, 0.1) is 20.8 Å². The van der Waals surface area contributed by atoms with Gasteiger partial charge in [-0.1, -0.05) is 5.16 Å². The van der Waals surface area contributed by atoms with Crippen molar-refractivity contribution in [3.8, 4) is 11.1 Å². The van der Waals surface area contributed by atoms with E-state index in [9.17, 15) is 4.79 Å². The normalized spacial score (nSPS) is 15.7. The lowest BCUT2D eigenvalue weighted by molar-refractivity contribution is 0.0816. The minimum Gasteiger partial charge on any atom is -0.361 e. The number of nitrogens with zero attached hydrogens (tertiary/aromatic N) is 5. The lowest BCUT2D eigenvalue weighted by Crippen LogP contribution is -2.32. The van der Waals surface area contributed by atoms with E-state index in [1.165, 1.54) is 5.56 Å². The number of fused-ring (bicyclic) bond motifs is 2. The molecule has 0 unspecified atom stereocenters. The Bertz CT molecular complexity index is 1130. The van der Waals surface area contributed by atoms with Crippen LogP contribution in [0.15, 0.2) is 22.9 Å². The summed E-state index contributed by atoms with van der Waals surface area (Å²) in [6.45, 7) is 8.09. The van der Waals surface area contributed by atoms with Crippen molar-refractivity contribution in [1.29, 1.82) is 0 Å². The maximum Gasteiger partial charge on any atom is 0.255 e. The second-order valence-corrected chi connectivity index (χ2v) is 7.98. The molecule has 0 saturated heterocycles. The number of aromatic nitrogens is 3. The molecule has 0 saturated carbocycles. The summed E-state index contributed by atoms with van der Waals surface area (Å²) < 4.78 is 5.33. The maximum absolute atomic E-state index is 12.3. The van der Waals surface area contributed by atoms with E-state index in [1.807, 2.05) is 40.1 Å². The molecule has 5 rings (SSSR count). The molecule has 5 heterocycles. The fraction of sp³-hybridized carbons (Fsp3) is 0.364. The molecule has 3 aromatic rings. The van der Waals surface area contributed by atoms with Crippen LogP contribution in [-0.4, -0.2) is 39.5 Å². The van der Waals surface area contributed by atoms with E-state index < -0.39 is 0 Å². The molecule has 7 nitrogen and oxygen atoms in total. The molecule has 2 aliphatic rings. The minimum absolute atomic E-state index is 0.0550. The van der Waals surface area contributed by atoms with Crippen molar-refractivity contribution < 1.29 is 9.32 Å². The Morgan fingerprint density at radius 3 is 2.69 bits per heavy atom. The van der Waals surface area contributed by atoms with Crippen LogP contribution in [0.3, 0.4) is 0 Å². The van der Waals surface area contributed by atoms with Gasteiger partial charge in [0.1, 0.15) is 11.6 Å². The van der Waals surface area contributed by atoms with Gasteiger partial charge in [-0.15, -0.1) is 0 Å². The summed E-state index contributed by atoms with van der Waals surface area (Å²) in [5, 5.41) is 4.07. The van der Waals surface area contributed by atoms with Gasteiger partial charge in [-0.25, -0.2) is 4.98 Å². The van der Waals surface area contributed by atoms with Gasteiger partial charge in [0, 0.05) is 49.6 Å². The smallest absolute Gasteiger partial charge is 0.255 e. The topological polar surface area (TPSA) is 75.4 Å². The lowest BCUT2D eigenvalue weighted by atomic mass is 9.99. The Labute approximate surface area is 169 Å². The first-order valence-electron chi connectivity index (χ1n) is 9.84. The number of carbonyl (C=O) groups excluding carboxylic acids is 1. The first-order valence-corrected chi connectivity index (χ1v) is 9.84. The van der Waals surface area contributed by atoms with Crippen LogP contribution < -0.4 is 4.90 Å². The van der Waals surface area contributed by atoms with Crippen molar-refractivity contribution in [2.75, 3.05) is 18.5 Å². The molecule has 0 aromatic carbocycles. The van der Waals surface area contributed by atoms with Crippen molar-refractivity contribution in [3.63, 3.8) is 0 Å². The van der Waals surface area contributed by atoms with Crippen molar-refractivity contribution in [2.24, 2.45) is 0 Å². The molecule has 0 aliphatic carbocycles. The molecule has 0 bridgehead atoms. The van der Waals surface area contributed by atoms with Gasteiger partial charge in [0.15, 0.2) is 0 Å². The quantitative estimate of drug-likeness (QED) is 0.670. The van der Waals surface area contributed by atoms with E-state index in [1.54, 1.807) is 4.90 Å². The maximum atomic E-state index is 12.3. The Morgan fingerprint density at radius 2 is 1.93 bits per heavy atom. The van der Waals surface area contributed by atoms with Gasteiger partial charge >= 0.3 is 0 Å². The van der Waals surface area contributed by atoms with Gasteiger partial charge < -0.3 is 14.3 Å². The Balaban J connectivity index is 1.50. The van der Waals surface area contributed by atoms with E-state index in [-0.39, 0.29) is 5.91 Å². The van der Waals surface area contributed by atoms with Crippen molar-refractivity contribution >= 4 is 11.7 Å². The zero-order valence-corrected chi connectivity index (χ0v) is 17.1. The van der Waals surface area contributed by atoms with Crippen molar-refractivity contribution in [1.82, 2.24) is 20.0 Å². The molecule has 29 heavy (non-hydrogen) atoms. The fourth-order valence-corrected chi connectivity index (χ4v) is 4.41. The highest BCUT2D eigenvalue weighted by Crippen LogP contribution is 2.32. The molecule has 0 spiro atoms. The van der Waals surface area contributed by atoms with Crippen LogP contribution in [0.25, 0.3) is 11.1 Å². The zero-order chi connectivity index (χ0) is 20.3. The SMILES string of the molecule is Cc1cc2c(nc1N1CCc3ncc(-c4c(C)noc4C)cc3C1)CN(C)C2=O. The first kappa shape index (κ1) is 17.8. The Kier molecular flexibility index (Phi) is 3.94. The number of carbonyl (C=O) groups is 1. The third kappa shape index (κ3) is 2.80. The molecule has 0 radical (unpaired) electrons. The van der Waals surface area contributed by atoms with E-state index in [0.717, 1.165) is 70.4 Å². The molecule has 1 amide bonds. The zero-order valence-electron chi connectivity index (χ0n) is 17.1. The van der Waals surface area contributed by atoms with E-state index in [4.69, 9.17) is 14.5 Å². The molecule has 0 N–H and O–H groups in total. The largest absolute Gasteiger partial charge is 0.361 e. The summed E-state index contributed by atoms with van der Waals surface area (Å²) >= 11 is 0. The number of hydrogen-bond donors (Lipinski definition) is 0. The number of anilines is 1. The van der Waals surface area contributed by atoms with E-state index in [0.29, 0.717) is 6.54 Å². The number of rotatable bonds is 2. The predicted molar refractivity (Wildman–Crippen MR) is 109 cm³/mol. The average Bonchev–Trinajstić information content (AvgIpc) is 3.18. The number of amides is 1. The molecular formula is C22H23N5O2. The molecule has 148 valence electrons. The van der Waals surface area contributed by atoms with Gasteiger partial charge in [0.05, 0.1) is 23.5 Å². The van der Waals surface area contributed by atoms with Crippen LogP contribution in [0.4, 0.5) is 5.82 Å². The van der Waals surface area contributed by atoms with Crippen molar-refractivity contribution in [3.05, 3.63) is 57.9 Å². The molecule has 0 atom stereocenters. The molecule has 7 heteroatoms. The van der Waals surface area contributed by atoms with Crippen LogP contribution in [0.1, 0.15) is 44.3 Å². The molecule has 3 aromatic heterocycles. The fourth-order valence-electron chi connectivity index (χ4n) is 4.41. The van der Waals surface area contributed by atoms with Gasteiger partial charge in [-0.3, -0.25) is 9.78 Å². The van der Waals surface area contributed by atoms with Gasteiger partial charge in [0.25, 0.3) is 5.91 Å². The lowest BCUT2D eigenvalue weighted by Gasteiger charge is -2.30. The van der Waals surface area contributed by atoms with Gasteiger partial charge in [0.2, 0.25) is 0 Å². The third-order valence-electron chi connectivity index (χ3n) is 5.89. The van der Waals surface area contributed by atoms with E-state index in [2.05, 4.69) is 16.1 Å². The second kappa shape index (κ2) is 6.40. The standard InChI is InChI=1S/C22H23N5O2/c1-12-7-17-19(11-26(4)22(17)28)24-21(12)27-6-5-18-16(10-27)8-15(9-23-18)20-13(2)25-29-14(20)3/h7-9H,5-6,10-11H2,1-4H3. The highest BCUT2D eigenvalue weighted by Gasteiger charge is 2.29. The van der Waals surface area contributed by atoms with Crippen LogP contribution >= 0.6 is 0 Å². The molecule has 2 aliphatic heterocycles. The summed E-state index contributed by atoms with van der Waals surface area (Å²) in [7, 11) is 1.82. The van der Waals surface area contributed by atoms with Gasteiger partial charge in [-0.05, 0) is 44.0 Å². The Hall–Kier alpha value is -3.22. The summed E-state index contributed by atoms with van der Waals surface area (Å²) in [5.41, 5.74) is 7.89. The van der Waals surface area contributed by atoms with Crippen molar-refractivity contribution in [2.45, 2.75) is 40.3 Å². The number of pyridine rings is 2. The predicted octanol–water partition coefficient (Wildman–Crippen LogP) is 3.21. The monoisotopic (exact) mass is 389 g/mol. The first-order chi connectivity index (χ1) is 13.9. The van der Waals surface area contributed by atoms with Crippen LogP contribution in [0.2, 0.25) is 0 Å². The average molecular weight is 389 g/mol. The number of aryl methyl sites for hydroxylation is 3. The summed E-state index contributed by atoms with van der Waals surface area (Å²) in [6, 6.07) is 4.18. The summed E-state index contributed by atoms with van der Waals surface area (Å²) in [4.78, 5) is 25.8.